The van der Waals surface area contributed by atoms with Crippen LogP contribution in [0.25, 0.3) is 10.9 Å². The minimum absolute atomic E-state index is 0.778. The number of nitrogens with zero attached hydrogens (tertiary/aromatic N) is 2. The monoisotopic (exact) mass is 376 g/mol. The molecule has 136 valence electrons. The lowest BCUT2D eigenvalue weighted by atomic mass is 10.2. The molecule has 2 N–H and O–H groups in total. The second-order valence-corrected chi connectivity index (χ2v) is 7.89. The first kappa shape index (κ1) is 16.3. The molecule has 0 amide bonds. The zero-order valence-electron chi connectivity index (χ0n) is 15.0. The summed E-state index contributed by atoms with van der Waals surface area (Å²) < 4.78 is 5.21. The molecular weight excluding hydrogens is 356 g/mol. The van der Waals surface area contributed by atoms with Gasteiger partial charge in [-0.25, -0.2) is 0 Å². The smallest absolute Gasteiger partial charge is 0.133 e. The van der Waals surface area contributed by atoms with Gasteiger partial charge in [-0.05, 0) is 31.2 Å². The number of thioether (sulfide) groups is 1. The van der Waals surface area contributed by atoms with Crippen LogP contribution in [0.2, 0.25) is 0 Å². The maximum atomic E-state index is 5.21. The Hall–Kier alpha value is -2.86. The number of aryl methyl sites for hydroxylation is 1. The highest BCUT2D eigenvalue weighted by molar-refractivity contribution is 7.99. The molecular formula is C21H20N4OS. The third kappa shape index (κ3) is 3.17. The van der Waals surface area contributed by atoms with Crippen LogP contribution < -0.4 is 10.2 Å². The topological polar surface area (TPSA) is 57.1 Å². The van der Waals surface area contributed by atoms with Crippen LogP contribution in [-0.2, 0) is 6.54 Å². The van der Waals surface area contributed by atoms with E-state index in [1.807, 2.05) is 37.0 Å². The van der Waals surface area contributed by atoms with Gasteiger partial charge in [0.05, 0.1) is 17.9 Å². The van der Waals surface area contributed by atoms with Gasteiger partial charge in [0, 0.05) is 46.0 Å². The normalized spacial score (nSPS) is 13.7. The van der Waals surface area contributed by atoms with Crippen molar-refractivity contribution in [1.29, 1.82) is 0 Å². The van der Waals surface area contributed by atoms with E-state index in [4.69, 9.17) is 4.52 Å². The highest BCUT2D eigenvalue weighted by atomic mass is 32.2. The Morgan fingerprint density at radius 2 is 2.15 bits per heavy atom. The second kappa shape index (κ2) is 6.70. The van der Waals surface area contributed by atoms with Crippen molar-refractivity contribution in [3.05, 3.63) is 66.2 Å². The van der Waals surface area contributed by atoms with E-state index < -0.39 is 0 Å². The molecule has 6 heteroatoms. The SMILES string of the molecule is Cc1cc(CN2CCSc3cc(Nc4c[nH]c5ccccc45)ccc32)no1. The van der Waals surface area contributed by atoms with Crippen molar-refractivity contribution in [3.8, 4) is 0 Å². The standard InChI is InChI=1S/C21H20N4OS/c1-14-10-16(24-26-14)13-25-8-9-27-21-11-15(6-7-20(21)25)23-19-12-22-18-5-3-2-4-17(18)19/h2-7,10-12,22-23H,8-9,13H2,1H3. The lowest BCUT2D eigenvalue weighted by molar-refractivity contribution is 0.390. The van der Waals surface area contributed by atoms with Crippen molar-refractivity contribution in [2.45, 2.75) is 18.4 Å². The molecule has 3 heterocycles. The molecule has 0 saturated heterocycles. The molecule has 4 aromatic rings. The van der Waals surface area contributed by atoms with Gasteiger partial charge in [0.2, 0.25) is 0 Å². The third-order valence-corrected chi connectivity index (χ3v) is 5.84. The molecule has 1 aliphatic heterocycles. The second-order valence-electron chi connectivity index (χ2n) is 6.75. The Morgan fingerprint density at radius 1 is 1.22 bits per heavy atom. The molecule has 0 aliphatic carbocycles. The first-order valence-electron chi connectivity index (χ1n) is 9.03. The van der Waals surface area contributed by atoms with Crippen molar-refractivity contribution < 1.29 is 4.52 Å². The zero-order valence-corrected chi connectivity index (χ0v) is 15.8. The lowest BCUT2D eigenvalue weighted by Gasteiger charge is -2.30. The van der Waals surface area contributed by atoms with Crippen LogP contribution in [0, 0.1) is 6.92 Å². The van der Waals surface area contributed by atoms with Gasteiger partial charge < -0.3 is 19.7 Å². The van der Waals surface area contributed by atoms with Gasteiger partial charge >= 0.3 is 0 Å². The third-order valence-electron chi connectivity index (χ3n) is 4.82. The zero-order chi connectivity index (χ0) is 18.2. The molecule has 1 aliphatic rings. The molecule has 0 fully saturated rings. The van der Waals surface area contributed by atoms with Gasteiger partial charge in [-0.3, -0.25) is 0 Å². The highest BCUT2D eigenvalue weighted by Gasteiger charge is 2.19. The fraction of sp³-hybridized carbons (Fsp3) is 0.190. The number of hydrogen-bond acceptors (Lipinski definition) is 5. The van der Waals surface area contributed by atoms with Crippen LogP contribution in [-0.4, -0.2) is 22.4 Å². The molecule has 0 radical (unpaired) electrons. The van der Waals surface area contributed by atoms with Crippen LogP contribution in [0.5, 0.6) is 0 Å². The number of rotatable bonds is 4. The van der Waals surface area contributed by atoms with Crippen molar-refractivity contribution in [3.63, 3.8) is 0 Å². The average Bonchev–Trinajstić information content (AvgIpc) is 3.28. The number of hydrogen-bond donors (Lipinski definition) is 2. The Kier molecular flexibility index (Phi) is 4.05. The lowest BCUT2D eigenvalue weighted by Crippen LogP contribution is -2.28. The molecule has 2 aromatic heterocycles. The molecule has 0 unspecified atom stereocenters. The van der Waals surface area contributed by atoms with E-state index >= 15 is 0 Å². The Balaban J connectivity index is 1.40. The first-order valence-corrected chi connectivity index (χ1v) is 10.0. The molecule has 0 bridgehead atoms. The van der Waals surface area contributed by atoms with E-state index in [2.05, 4.69) is 56.8 Å². The predicted molar refractivity (Wildman–Crippen MR) is 111 cm³/mol. The number of para-hydroxylation sites is 1. The highest BCUT2D eigenvalue weighted by Crippen LogP contribution is 2.38. The van der Waals surface area contributed by atoms with E-state index in [0.29, 0.717) is 0 Å². The molecule has 0 spiro atoms. The van der Waals surface area contributed by atoms with Gasteiger partial charge in [0.25, 0.3) is 0 Å². The molecule has 27 heavy (non-hydrogen) atoms. The summed E-state index contributed by atoms with van der Waals surface area (Å²) in [5.41, 5.74) is 5.58. The summed E-state index contributed by atoms with van der Waals surface area (Å²) in [6.45, 7) is 3.72. The predicted octanol–water partition coefficient (Wildman–Crippen LogP) is 5.32. The summed E-state index contributed by atoms with van der Waals surface area (Å²) in [6.07, 6.45) is 2.02. The summed E-state index contributed by atoms with van der Waals surface area (Å²) in [5.74, 6) is 1.93. The van der Waals surface area contributed by atoms with E-state index in [1.54, 1.807) is 0 Å². The maximum Gasteiger partial charge on any atom is 0.133 e. The quantitative estimate of drug-likeness (QED) is 0.505. The van der Waals surface area contributed by atoms with Crippen LogP contribution in [0.3, 0.4) is 0 Å². The Morgan fingerprint density at radius 3 is 3.04 bits per heavy atom. The number of benzene rings is 2. The van der Waals surface area contributed by atoms with Crippen LogP contribution in [0.4, 0.5) is 17.1 Å². The van der Waals surface area contributed by atoms with Crippen LogP contribution in [0.1, 0.15) is 11.5 Å². The van der Waals surface area contributed by atoms with Gasteiger partial charge in [0.1, 0.15) is 11.5 Å². The summed E-state index contributed by atoms with van der Waals surface area (Å²) in [5, 5.41) is 8.89. The summed E-state index contributed by atoms with van der Waals surface area (Å²) in [4.78, 5) is 6.99. The number of fused-ring (bicyclic) bond motifs is 2. The fourth-order valence-corrected chi connectivity index (χ4v) is 4.62. The van der Waals surface area contributed by atoms with Crippen LogP contribution in [0.15, 0.2) is 64.1 Å². The van der Waals surface area contributed by atoms with Crippen LogP contribution >= 0.6 is 11.8 Å². The fourth-order valence-electron chi connectivity index (χ4n) is 3.54. The van der Waals surface area contributed by atoms with E-state index in [1.165, 1.54) is 16.0 Å². The van der Waals surface area contributed by atoms with Gasteiger partial charge in [-0.2, -0.15) is 0 Å². The van der Waals surface area contributed by atoms with E-state index in [9.17, 15) is 0 Å². The summed E-state index contributed by atoms with van der Waals surface area (Å²) in [7, 11) is 0. The van der Waals surface area contributed by atoms with Gasteiger partial charge in [-0.1, -0.05) is 23.4 Å². The maximum absolute atomic E-state index is 5.21. The summed E-state index contributed by atoms with van der Waals surface area (Å²) in [6, 6.07) is 16.9. The number of aromatic nitrogens is 2. The van der Waals surface area contributed by atoms with E-state index in [-0.39, 0.29) is 0 Å². The minimum Gasteiger partial charge on any atom is -0.364 e. The number of H-pyrrole nitrogens is 1. The average molecular weight is 376 g/mol. The Bertz CT molecular complexity index is 1100. The molecule has 5 rings (SSSR count). The van der Waals surface area contributed by atoms with Gasteiger partial charge in [0.15, 0.2) is 0 Å². The molecule has 5 nitrogen and oxygen atoms in total. The van der Waals surface area contributed by atoms with Crippen molar-refractivity contribution >= 4 is 39.7 Å². The number of anilines is 3. The summed E-state index contributed by atoms with van der Waals surface area (Å²) >= 11 is 1.91. The molecule has 0 saturated carbocycles. The van der Waals surface area contributed by atoms with Gasteiger partial charge in [-0.15, -0.1) is 11.8 Å². The van der Waals surface area contributed by atoms with Crippen molar-refractivity contribution in [2.24, 2.45) is 0 Å². The largest absolute Gasteiger partial charge is 0.364 e. The minimum atomic E-state index is 0.778. The molecule has 0 atom stereocenters. The van der Waals surface area contributed by atoms with E-state index in [0.717, 1.165) is 47.2 Å². The Labute approximate surface area is 161 Å². The number of nitrogens with one attached hydrogen (secondary N) is 2. The molecule has 2 aromatic carbocycles. The van der Waals surface area contributed by atoms with Crippen molar-refractivity contribution in [2.75, 3.05) is 22.5 Å². The van der Waals surface area contributed by atoms with Crippen molar-refractivity contribution in [1.82, 2.24) is 10.1 Å². The number of aromatic amines is 1. The first-order chi connectivity index (χ1) is 13.3.